The standard InChI is InChI=1S/C4H7NOS/c6-5-4-1-2-7-3-4/h6H,1-3H2/b5-4+. The Balaban J connectivity index is 2.41. The molecule has 0 aromatic carbocycles. The van der Waals surface area contributed by atoms with Gasteiger partial charge in [0.05, 0.1) is 5.71 Å². The van der Waals surface area contributed by atoms with Crippen LogP contribution >= 0.6 is 11.8 Å². The molecule has 1 saturated heterocycles. The SMILES string of the molecule is O/N=C1\CCSC1. The van der Waals surface area contributed by atoms with Crippen molar-refractivity contribution in [2.75, 3.05) is 11.5 Å². The molecule has 0 aromatic heterocycles. The Bertz CT molecular complexity index is 83.7. The van der Waals surface area contributed by atoms with Gasteiger partial charge in [0.15, 0.2) is 0 Å². The zero-order chi connectivity index (χ0) is 5.11. The molecule has 40 valence electrons. The molecule has 0 aromatic rings. The van der Waals surface area contributed by atoms with Crippen LogP contribution in [0.15, 0.2) is 5.16 Å². The van der Waals surface area contributed by atoms with Crippen molar-refractivity contribution in [3.05, 3.63) is 0 Å². The fraction of sp³-hybridized carbons (Fsp3) is 0.750. The predicted octanol–water partition coefficient (Wildman–Crippen LogP) is 0.954. The Morgan fingerprint density at radius 2 is 2.57 bits per heavy atom. The van der Waals surface area contributed by atoms with E-state index in [1.807, 2.05) is 11.8 Å². The molecule has 1 N–H and O–H groups in total. The van der Waals surface area contributed by atoms with Crippen LogP contribution in [0.4, 0.5) is 0 Å². The van der Waals surface area contributed by atoms with Gasteiger partial charge < -0.3 is 5.21 Å². The molecule has 1 aliphatic heterocycles. The van der Waals surface area contributed by atoms with Crippen molar-refractivity contribution in [3.8, 4) is 0 Å². The lowest BCUT2D eigenvalue weighted by Gasteiger charge is -1.81. The second kappa shape index (κ2) is 2.21. The smallest absolute Gasteiger partial charge is 0.0677 e. The van der Waals surface area contributed by atoms with Crippen LogP contribution in [-0.4, -0.2) is 22.4 Å². The fourth-order valence-electron chi connectivity index (χ4n) is 0.531. The minimum Gasteiger partial charge on any atom is -0.411 e. The molecule has 0 amide bonds. The first-order chi connectivity index (χ1) is 3.43. The molecule has 0 radical (unpaired) electrons. The summed E-state index contributed by atoms with van der Waals surface area (Å²) in [7, 11) is 0. The molecule has 7 heavy (non-hydrogen) atoms. The molecule has 1 heterocycles. The van der Waals surface area contributed by atoms with Gasteiger partial charge in [-0.15, -0.1) is 0 Å². The largest absolute Gasteiger partial charge is 0.411 e. The zero-order valence-electron chi connectivity index (χ0n) is 3.92. The van der Waals surface area contributed by atoms with Crippen LogP contribution in [0.3, 0.4) is 0 Å². The van der Waals surface area contributed by atoms with Gasteiger partial charge >= 0.3 is 0 Å². The molecule has 0 spiro atoms. The summed E-state index contributed by atoms with van der Waals surface area (Å²) >= 11 is 1.82. The molecule has 1 aliphatic rings. The number of hydrogen-bond donors (Lipinski definition) is 1. The minimum absolute atomic E-state index is 0.927. The van der Waals surface area contributed by atoms with Crippen LogP contribution in [0.2, 0.25) is 0 Å². The summed E-state index contributed by atoms with van der Waals surface area (Å²) in [6.07, 6.45) is 0.973. The monoisotopic (exact) mass is 117 g/mol. The van der Waals surface area contributed by atoms with E-state index in [2.05, 4.69) is 5.16 Å². The van der Waals surface area contributed by atoms with Gasteiger partial charge in [-0.1, -0.05) is 5.16 Å². The molecule has 0 unspecified atom stereocenters. The van der Waals surface area contributed by atoms with Crippen LogP contribution in [0.25, 0.3) is 0 Å². The van der Waals surface area contributed by atoms with E-state index in [1.165, 1.54) is 0 Å². The molecular formula is C4H7NOS. The van der Waals surface area contributed by atoms with Gasteiger partial charge in [-0.25, -0.2) is 0 Å². The van der Waals surface area contributed by atoms with Gasteiger partial charge in [0.2, 0.25) is 0 Å². The molecule has 2 nitrogen and oxygen atoms in total. The van der Waals surface area contributed by atoms with Gasteiger partial charge in [0, 0.05) is 5.75 Å². The second-order valence-corrected chi connectivity index (χ2v) is 2.57. The van der Waals surface area contributed by atoms with E-state index >= 15 is 0 Å². The molecule has 1 fully saturated rings. The van der Waals surface area contributed by atoms with E-state index in [0.717, 1.165) is 23.6 Å². The summed E-state index contributed by atoms with van der Waals surface area (Å²) < 4.78 is 0. The number of nitrogens with zero attached hydrogens (tertiary/aromatic N) is 1. The molecule has 3 heteroatoms. The third-order valence-corrected chi connectivity index (χ3v) is 1.98. The lowest BCUT2D eigenvalue weighted by Crippen LogP contribution is -1.91. The summed E-state index contributed by atoms with van der Waals surface area (Å²) in [6.45, 7) is 0. The van der Waals surface area contributed by atoms with Crippen LogP contribution in [0, 0.1) is 0 Å². The molecule has 0 saturated carbocycles. The second-order valence-electron chi connectivity index (χ2n) is 1.47. The Kier molecular flexibility index (Phi) is 1.57. The highest BCUT2D eigenvalue weighted by atomic mass is 32.2. The van der Waals surface area contributed by atoms with Crippen molar-refractivity contribution in [1.29, 1.82) is 0 Å². The fourth-order valence-corrected chi connectivity index (χ4v) is 1.49. The summed E-state index contributed by atoms with van der Waals surface area (Å²) in [5.74, 6) is 2.05. The Hall–Kier alpha value is -0.180. The first-order valence-electron chi connectivity index (χ1n) is 2.21. The van der Waals surface area contributed by atoms with Gasteiger partial charge in [-0.2, -0.15) is 11.8 Å². The van der Waals surface area contributed by atoms with Crippen LogP contribution in [0.5, 0.6) is 0 Å². The first kappa shape index (κ1) is 4.97. The van der Waals surface area contributed by atoms with Crippen LogP contribution < -0.4 is 0 Å². The minimum atomic E-state index is 0.927. The van der Waals surface area contributed by atoms with Crippen molar-refractivity contribution in [2.45, 2.75) is 6.42 Å². The highest BCUT2D eigenvalue weighted by Gasteiger charge is 2.07. The normalized spacial score (nSPS) is 26.6. The average molecular weight is 117 g/mol. The van der Waals surface area contributed by atoms with Gasteiger partial charge in [-0.05, 0) is 12.2 Å². The molecule has 0 bridgehead atoms. The number of thioether (sulfide) groups is 1. The molecule has 0 aliphatic carbocycles. The van der Waals surface area contributed by atoms with E-state index in [1.54, 1.807) is 0 Å². The summed E-state index contributed by atoms with van der Waals surface area (Å²) in [5, 5.41) is 11.2. The zero-order valence-corrected chi connectivity index (χ0v) is 4.74. The van der Waals surface area contributed by atoms with E-state index in [0.29, 0.717) is 0 Å². The summed E-state index contributed by atoms with van der Waals surface area (Å²) in [6, 6.07) is 0. The number of oxime groups is 1. The van der Waals surface area contributed by atoms with Gasteiger partial charge in [0.1, 0.15) is 0 Å². The Labute approximate surface area is 46.6 Å². The highest BCUT2D eigenvalue weighted by Crippen LogP contribution is 2.13. The van der Waals surface area contributed by atoms with Crippen molar-refractivity contribution in [2.24, 2.45) is 5.16 Å². The maximum absolute atomic E-state index is 8.14. The Morgan fingerprint density at radius 3 is 2.86 bits per heavy atom. The lowest BCUT2D eigenvalue weighted by molar-refractivity contribution is 0.318. The maximum atomic E-state index is 8.14. The first-order valence-corrected chi connectivity index (χ1v) is 3.36. The highest BCUT2D eigenvalue weighted by molar-refractivity contribution is 8.00. The van der Waals surface area contributed by atoms with Crippen LogP contribution in [0.1, 0.15) is 6.42 Å². The lowest BCUT2D eigenvalue weighted by atomic mass is 10.3. The summed E-state index contributed by atoms with van der Waals surface area (Å²) in [5.41, 5.74) is 0.935. The third-order valence-electron chi connectivity index (χ3n) is 0.945. The van der Waals surface area contributed by atoms with Crippen molar-refractivity contribution in [1.82, 2.24) is 0 Å². The predicted molar refractivity (Wildman–Crippen MR) is 31.2 cm³/mol. The summed E-state index contributed by atoms with van der Waals surface area (Å²) in [4.78, 5) is 0. The molecule has 1 rings (SSSR count). The van der Waals surface area contributed by atoms with Gasteiger partial charge in [0.25, 0.3) is 0 Å². The molecular weight excluding hydrogens is 110 g/mol. The third kappa shape index (κ3) is 1.09. The number of rotatable bonds is 0. The van der Waals surface area contributed by atoms with Crippen LogP contribution in [-0.2, 0) is 0 Å². The maximum Gasteiger partial charge on any atom is 0.0677 e. The number of hydrogen-bond acceptors (Lipinski definition) is 3. The van der Waals surface area contributed by atoms with E-state index in [9.17, 15) is 0 Å². The van der Waals surface area contributed by atoms with E-state index in [-0.39, 0.29) is 0 Å². The van der Waals surface area contributed by atoms with Gasteiger partial charge in [-0.3, -0.25) is 0 Å². The van der Waals surface area contributed by atoms with Crippen molar-refractivity contribution in [3.63, 3.8) is 0 Å². The van der Waals surface area contributed by atoms with E-state index < -0.39 is 0 Å². The molecule has 0 atom stereocenters. The van der Waals surface area contributed by atoms with Crippen molar-refractivity contribution < 1.29 is 5.21 Å². The van der Waals surface area contributed by atoms with Crippen molar-refractivity contribution >= 4 is 17.5 Å². The average Bonchev–Trinajstić information content (AvgIpc) is 2.14. The quantitative estimate of drug-likeness (QED) is 0.378. The van der Waals surface area contributed by atoms with E-state index in [4.69, 9.17) is 5.21 Å². The topological polar surface area (TPSA) is 32.6 Å². The Morgan fingerprint density at radius 1 is 1.71 bits per heavy atom.